The van der Waals surface area contributed by atoms with Gasteiger partial charge in [0.15, 0.2) is 0 Å². The summed E-state index contributed by atoms with van der Waals surface area (Å²) in [5.41, 5.74) is 0. The van der Waals surface area contributed by atoms with Gasteiger partial charge in [-0.2, -0.15) is 0 Å². The largest absolute Gasteiger partial charge is 0.481 e. The number of carboxylic acid groups (broad SMARTS) is 1. The summed E-state index contributed by atoms with van der Waals surface area (Å²) in [7, 11) is 0. The summed E-state index contributed by atoms with van der Waals surface area (Å²) < 4.78 is 0. The Kier molecular flexibility index (Phi) is 10.4. The highest BCUT2D eigenvalue weighted by atomic mass is 16.4. The molecule has 1 atom stereocenters. The Hall–Kier alpha value is -1.59. The van der Waals surface area contributed by atoms with E-state index < -0.39 is 5.97 Å². The van der Waals surface area contributed by atoms with Crippen molar-refractivity contribution in [3.8, 4) is 0 Å². The molecule has 0 aliphatic heterocycles. The van der Waals surface area contributed by atoms with Gasteiger partial charge in [0.05, 0.1) is 0 Å². The van der Waals surface area contributed by atoms with Crippen LogP contribution >= 0.6 is 0 Å². The maximum Gasteiger partial charge on any atom is 0.303 e. The number of carbonyl (C=O) groups is 3. The quantitative estimate of drug-likeness (QED) is 0.533. The maximum absolute atomic E-state index is 11.5. The van der Waals surface area contributed by atoms with Gasteiger partial charge in [-0.25, -0.2) is 0 Å². The number of nitrogens with one attached hydrogen (secondary N) is 2. The number of rotatable bonds is 11. The molecule has 0 bridgehead atoms. The third-order valence-electron chi connectivity index (χ3n) is 3.06. The van der Waals surface area contributed by atoms with Crippen molar-refractivity contribution in [2.75, 3.05) is 13.1 Å². The number of hydrogen-bond acceptors (Lipinski definition) is 3. The summed E-state index contributed by atoms with van der Waals surface area (Å²) in [6.07, 6.45) is 3.90. The summed E-state index contributed by atoms with van der Waals surface area (Å²) in [5.74, 6) is -0.668. The van der Waals surface area contributed by atoms with Crippen molar-refractivity contribution in [1.29, 1.82) is 0 Å². The van der Waals surface area contributed by atoms with Crippen LogP contribution < -0.4 is 10.6 Å². The number of aliphatic carboxylic acids is 1. The maximum atomic E-state index is 11.5. The SMILES string of the molecule is CCCC(CCNC(=O)CCNC(C)=O)CCC(=O)O. The van der Waals surface area contributed by atoms with Gasteiger partial charge in [-0.15, -0.1) is 0 Å². The van der Waals surface area contributed by atoms with Gasteiger partial charge >= 0.3 is 5.97 Å². The highest BCUT2D eigenvalue weighted by Crippen LogP contribution is 2.17. The van der Waals surface area contributed by atoms with Gasteiger partial charge < -0.3 is 15.7 Å². The van der Waals surface area contributed by atoms with Crippen molar-refractivity contribution in [2.45, 2.75) is 52.4 Å². The van der Waals surface area contributed by atoms with Crippen molar-refractivity contribution >= 4 is 17.8 Å². The monoisotopic (exact) mass is 286 g/mol. The first-order valence-electron chi connectivity index (χ1n) is 7.18. The van der Waals surface area contributed by atoms with Gasteiger partial charge in [0.2, 0.25) is 11.8 Å². The molecule has 0 saturated carbocycles. The lowest BCUT2D eigenvalue weighted by Gasteiger charge is -2.15. The Morgan fingerprint density at radius 1 is 1.00 bits per heavy atom. The first-order chi connectivity index (χ1) is 9.45. The fourth-order valence-corrected chi connectivity index (χ4v) is 2.03. The van der Waals surface area contributed by atoms with E-state index in [-0.39, 0.29) is 24.7 Å². The van der Waals surface area contributed by atoms with Crippen LogP contribution in [-0.2, 0) is 14.4 Å². The first kappa shape index (κ1) is 18.4. The Bertz CT molecular complexity index is 318. The Morgan fingerprint density at radius 2 is 1.70 bits per heavy atom. The minimum Gasteiger partial charge on any atom is -0.481 e. The van der Waals surface area contributed by atoms with E-state index in [4.69, 9.17) is 5.11 Å². The van der Waals surface area contributed by atoms with Crippen molar-refractivity contribution in [3.05, 3.63) is 0 Å². The standard InChI is InChI=1S/C14H26N2O4/c1-3-4-12(5-6-14(19)20)7-9-16-13(18)8-10-15-11(2)17/h12H,3-10H2,1-2H3,(H,15,17)(H,16,18)(H,19,20). The molecule has 6 heteroatoms. The van der Waals surface area contributed by atoms with Crippen LogP contribution in [0.1, 0.15) is 52.4 Å². The van der Waals surface area contributed by atoms with E-state index in [0.29, 0.717) is 25.4 Å². The molecule has 0 aliphatic carbocycles. The Balaban J connectivity index is 3.77. The third-order valence-corrected chi connectivity index (χ3v) is 3.06. The minimum absolute atomic E-state index is 0.0905. The lowest BCUT2D eigenvalue weighted by molar-refractivity contribution is -0.137. The molecule has 20 heavy (non-hydrogen) atoms. The van der Waals surface area contributed by atoms with E-state index in [1.165, 1.54) is 6.92 Å². The van der Waals surface area contributed by atoms with Crippen LogP contribution in [0.3, 0.4) is 0 Å². The molecule has 0 aromatic carbocycles. The summed E-state index contributed by atoms with van der Waals surface area (Å²) in [6.45, 7) is 4.39. The minimum atomic E-state index is -0.773. The zero-order chi connectivity index (χ0) is 15.4. The molecule has 6 nitrogen and oxygen atoms in total. The summed E-state index contributed by atoms with van der Waals surface area (Å²) >= 11 is 0. The molecule has 0 rings (SSSR count). The van der Waals surface area contributed by atoms with Crippen molar-refractivity contribution < 1.29 is 19.5 Å². The third kappa shape index (κ3) is 11.5. The molecule has 0 aromatic heterocycles. The highest BCUT2D eigenvalue weighted by Gasteiger charge is 2.10. The molecule has 0 aromatic rings. The Morgan fingerprint density at radius 3 is 2.25 bits per heavy atom. The predicted molar refractivity (Wildman–Crippen MR) is 76.2 cm³/mol. The van der Waals surface area contributed by atoms with E-state index in [2.05, 4.69) is 17.6 Å². The predicted octanol–water partition coefficient (Wildman–Crippen LogP) is 1.30. The summed E-state index contributed by atoms with van der Waals surface area (Å²) in [5, 5.41) is 14.0. The van der Waals surface area contributed by atoms with Crippen molar-refractivity contribution in [1.82, 2.24) is 10.6 Å². The van der Waals surface area contributed by atoms with Crippen molar-refractivity contribution in [2.24, 2.45) is 5.92 Å². The zero-order valence-corrected chi connectivity index (χ0v) is 12.4. The van der Waals surface area contributed by atoms with Crippen LogP contribution in [0.15, 0.2) is 0 Å². The second kappa shape index (κ2) is 11.3. The normalized spacial score (nSPS) is 11.7. The molecule has 0 heterocycles. The van der Waals surface area contributed by atoms with Gasteiger partial charge in [-0.05, 0) is 18.8 Å². The molecular formula is C14H26N2O4. The average molecular weight is 286 g/mol. The topological polar surface area (TPSA) is 95.5 Å². The van der Waals surface area contributed by atoms with E-state index in [0.717, 1.165) is 19.3 Å². The molecule has 0 aliphatic rings. The molecule has 0 spiro atoms. The number of carbonyl (C=O) groups excluding carboxylic acids is 2. The van der Waals surface area contributed by atoms with Crippen LogP contribution in [0.4, 0.5) is 0 Å². The average Bonchev–Trinajstić information content (AvgIpc) is 2.35. The van der Waals surface area contributed by atoms with Gasteiger partial charge in [-0.1, -0.05) is 19.8 Å². The van der Waals surface area contributed by atoms with Gasteiger partial charge in [0.1, 0.15) is 0 Å². The van der Waals surface area contributed by atoms with Crippen LogP contribution in [0, 0.1) is 5.92 Å². The van der Waals surface area contributed by atoms with Gasteiger partial charge in [-0.3, -0.25) is 14.4 Å². The zero-order valence-electron chi connectivity index (χ0n) is 12.4. The second-order valence-electron chi connectivity index (χ2n) is 4.96. The number of hydrogen-bond donors (Lipinski definition) is 3. The molecule has 0 saturated heterocycles. The molecule has 3 N–H and O–H groups in total. The van der Waals surface area contributed by atoms with E-state index in [1.807, 2.05) is 0 Å². The van der Waals surface area contributed by atoms with Crippen LogP contribution in [-0.4, -0.2) is 36.0 Å². The summed E-state index contributed by atoms with van der Waals surface area (Å²) in [6, 6.07) is 0. The first-order valence-corrected chi connectivity index (χ1v) is 7.18. The second-order valence-corrected chi connectivity index (χ2v) is 4.96. The van der Waals surface area contributed by atoms with Crippen LogP contribution in [0.25, 0.3) is 0 Å². The van der Waals surface area contributed by atoms with Crippen LogP contribution in [0.5, 0.6) is 0 Å². The molecule has 0 fully saturated rings. The molecule has 1 unspecified atom stereocenters. The van der Waals surface area contributed by atoms with Gasteiger partial charge in [0, 0.05) is 32.9 Å². The van der Waals surface area contributed by atoms with Crippen LogP contribution in [0.2, 0.25) is 0 Å². The molecular weight excluding hydrogens is 260 g/mol. The fraction of sp³-hybridized carbons (Fsp3) is 0.786. The highest BCUT2D eigenvalue weighted by molar-refractivity contribution is 5.77. The van der Waals surface area contributed by atoms with Crippen molar-refractivity contribution in [3.63, 3.8) is 0 Å². The smallest absolute Gasteiger partial charge is 0.303 e. The lowest BCUT2D eigenvalue weighted by Crippen LogP contribution is -2.30. The molecule has 2 amide bonds. The molecule has 116 valence electrons. The fourth-order valence-electron chi connectivity index (χ4n) is 2.03. The number of carboxylic acids is 1. The van der Waals surface area contributed by atoms with E-state index >= 15 is 0 Å². The molecule has 0 radical (unpaired) electrons. The Labute approximate surface area is 120 Å². The van der Waals surface area contributed by atoms with E-state index in [9.17, 15) is 14.4 Å². The van der Waals surface area contributed by atoms with Gasteiger partial charge in [0.25, 0.3) is 0 Å². The summed E-state index contributed by atoms with van der Waals surface area (Å²) in [4.78, 5) is 32.7. The lowest BCUT2D eigenvalue weighted by atomic mass is 9.94. The number of amides is 2. The van der Waals surface area contributed by atoms with E-state index in [1.54, 1.807) is 0 Å².